The second-order valence-corrected chi connectivity index (χ2v) is 4.90. The average Bonchev–Trinajstić information content (AvgIpc) is 2.55. The van der Waals surface area contributed by atoms with Crippen molar-refractivity contribution in [2.45, 2.75) is 13.5 Å². The SMILES string of the molecule is Cc1c(OCC(=O)Nc2ccc(OC(F)F)cc2)cccc1[N+](=O)[O-]. The molecule has 0 unspecified atom stereocenters. The van der Waals surface area contributed by atoms with Crippen LogP contribution in [0, 0.1) is 17.0 Å². The van der Waals surface area contributed by atoms with Gasteiger partial charge in [0.1, 0.15) is 11.5 Å². The molecule has 0 radical (unpaired) electrons. The Balaban J connectivity index is 1.93. The molecule has 1 amide bonds. The predicted molar refractivity (Wildman–Crippen MR) is 85.0 cm³/mol. The molecule has 0 aliphatic rings. The number of nitrogens with one attached hydrogen (secondary N) is 1. The third-order valence-corrected chi connectivity index (χ3v) is 3.17. The molecule has 0 spiro atoms. The number of halogens is 2. The lowest BCUT2D eigenvalue weighted by atomic mass is 10.2. The van der Waals surface area contributed by atoms with Crippen molar-refractivity contribution in [3.63, 3.8) is 0 Å². The Morgan fingerprint density at radius 1 is 1.24 bits per heavy atom. The molecule has 0 aliphatic carbocycles. The molecule has 2 aromatic carbocycles. The molecule has 0 fully saturated rings. The summed E-state index contributed by atoms with van der Waals surface area (Å²) in [5.41, 5.74) is 0.576. The quantitative estimate of drug-likeness (QED) is 0.608. The number of nitrogens with zero attached hydrogens (tertiary/aromatic N) is 1. The molecular formula is C16H14F2N2O5. The molecule has 2 aromatic rings. The van der Waals surface area contributed by atoms with Crippen molar-refractivity contribution in [3.05, 3.63) is 58.1 Å². The molecule has 7 nitrogen and oxygen atoms in total. The van der Waals surface area contributed by atoms with Crippen LogP contribution in [0.4, 0.5) is 20.2 Å². The van der Waals surface area contributed by atoms with Gasteiger partial charge in [0.2, 0.25) is 0 Å². The smallest absolute Gasteiger partial charge is 0.387 e. The maximum atomic E-state index is 12.1. The van der Waals surface area contributed by atoms with Crippen LogP contribution in [0.5, 0.6) is 11.5 Å². The van der Waals surface area contributed by atoms with Crippen LogP contribution in [0.15, 0.2) is 42.5 Å². The number of benzene rings is 2. The fourth-order valence-electron chi connectivity index (χ4n) is 2.02. The number of hydrogen-bond donors (Lipinski definition) is 1. The van der Waals surface area contributed by atoms with E-state index in [0.717, 1.165) is 0 Å². The number of carbonyl (C=O) groups is 1. The van der Waals surface area contributed by atoms with E-state index in [1.165, 1.54) is 49.4 Å². The molecule has 0 atom stereocenters. The Labute approximate surface area is 141 Å². The van der Waals surface area contributed by atoms with Gasteiger partial charge in [0.25, 0.3) is 11.6 Å². The zero-order valence-electron chi connectivity index (χ0n) is 13.1. The summed E-state index contributed by atoms with van der Waals surface area (Å²) >= 11 is 0. The number of carbonyl (C=O) groups excluding carboxylic acids is 1. The summed E-state index contributed by atoms with van der Waals surface area (Å²) in [4.78, 5) is 22.2. The lowest BCUT2D eigenvalue weighted by Crippen LogP contribution is -2.20. The molecule has 9 heteroatoms. The minimum atomic E-state index is -2.92. The Kier molecular flexibility index (Phi) is 5.83. The topological polar surface area (TPSA) is 90.7 Å². The van der Waals surface area contributed by atoms with Gasteiger partial charge >= 0.3 is 6.61 Å². The van der Waals surface area contributed by atoms with Crippen LogP contribution in [0.25, 0.3) is 0 Å². The van der Waals surface area contributed by atoms with E-state index in [-0.39, 0.29) is 23.8 Å². The van der Waals surface area contributed by atoms with Crippen molar-refractivity contribution in [2.24, 2.45) is 0 Å². The first kappa shape index (κ1) is 18.1. The molecular weight excluding hydrogens is 338 g/mol. The average molecular weight is 352 g/mol. The highest BCUT2D eigenvalue weighted by Gasteiger charge is 2.15. The zero-order valence-corrected chi connectivity index (χ0v) is 13.1. The van der Waals surface area contributed by atoms with E-state index in [9.17, 15) is 23.7 Å². The molecule has 25 heavy (non-hydrogen) atoms. The van der Waals surface area contributed by atoms with Crippen molar-refractivity contribution >= 4 is 17.3 Å². The molecule has 0 saturated heterocycles. The molecule has 0 heterocycles. The number of nitro groups is 1. The molecule has 1 N–H and O–H groups in total. The van der Waals surface area contributed by atoms with Gasteiger partial charge in [-0.25, -0.2) is 0 Å². The van der Waals surface area contributed by atoms with Crippen LogP contribution in [-0.2, 0) is 4.79 Å². The summed E-state index contributed by atoms with van der Waals surface area (Å²) in [5.74, 6) is -0.310. The number of anilines is 1. The Bertz CT molecular complexity index is 766. The normalized spacial score (nSPS) is 10.4. The standard InChI is InChI=1S/C16H14F2N2O5/c1-10-13(20(22)23)3-2-4-14(10)24-9-15(21)19-11-5-7-12(8-6-11)25-16(17)18/h2-8,16H,9H2,1H3,(H,19,21). The second-order valence-electron chi connectivity index (χ2n) is 4.90. The zero-order chi connectivity index (χ0) is 18.4. The van der Waals surface area contributed by atoms with Gasteiger partial charge in [-0.3, -0.25) is 14.9 Å². The minimum Gasteiger partial charge on any atom is -0.483 e. The highest BCUT2D eigenvalue weighted by molar-refractivity contribution is 5.91. The van der Waals surface area contributed by atoms with E-state index in [2.05, 4.69) is 10.1 Å². The van der Waals surface area contributed by atoms with Crippen LogP contribution in [0.1, 0.15) is 5.56 Å². The first-order valence-electron chi connectivity index (χ1n) is 7.08. The van der Waals surface area contributed by atoms with Crippen molar-refractivity contribution < 1.29 is 28.0 Å². The van der Waals surface area contributed by atoms with E-state index >= 15 is 0 Å². The lowest BCUT2D eigenvalue weighted by molar-refractivity contribution is -0.385. The molecule has 0 saturated carbocycles. The number of amides is 1. The highest BCUT2D eigenvalue weighted by Crippen LogP contribution is 2.27. The maximum Gasteiger partial charge on any atom is 0.387 e. The molecule has 132 valence electrons. The van der Waals surface area contributed by atoms with Crippen LogP contribution >= 0.6 is 0 Å². The second kappa shape index (κ2) is 8.04. The number of nitro benzene ring substituents is 1. The van der Waals surface area contributed by atoms with E-state index in [1.807, 2.05) is 0 Å². The summed E-state index contributed by atoms with van der Waals surface area (Å²) in [6, 6.07) is 9.68. The summed E-state index contributed by atoms with van der Waals surface area (Å²) in [6.07, 6.45) is 0. The third kappa shape index (κ3) is 5.13. The number of ether oxygens (including phenoxy) is 2. The monoisotopic (exact) mass is 352 g/mol. The fraction of sp³-hybridized carbons (Fsp3) is 0.188. The van der Waals surface area contributed by atoms with E-state index < -0.39 is 17.4 Å². The number of hydrogen-bond acceptors (Lipinski definition) is 5. The minimum absolute atomic E-state index is 0.0310. The van der Waals surface area contributed by atoms with Crippen LogP contribution in [-0.4, -0.2) is 24.0 Å². The van der Waals surface area contributed by atoms with Crippen molar-refractivity contribution in [3.8, 4) is 11.5 Å². The van der Waals surface area contributed by atoms with E-state index in [4.69, 9.17) is 4.74 Å². The third-order valence-electron chi connectivity index (χ3n) is 3.17. The molecule has 0 aromatic heterocycles. The maximum absolute atomic E-state index is 12.1. The fourth-order valence-corrected chi connectivity index (χ4v) is 2.02. The first-order valence-corrected chi connectivity index (χ1v) is 7.08. The predicted octanol–water partition coefficient (Wildman–Crippen LogP) is 3.52. The van der Waals surface area contributed by atoms with Gasteiger partial charge in [0, 0.05) is 11.8 Å². The van der Waals surface area contributed by atoms with Gasteiger partial charge in [-0.2, -0.15) is 8.78 Å². The summed E-state index contributed by atoms with van der Waals surface area (Å²) in [5, 5.41) is 13.4. The summed E-state index contributed by atoms with van der Waals surface area (Å²) in [6.45, 7) is -1.77. The first-order chi connectivity index (χ1) is 11.9. The Morgan fingerprint density at radius 2 is 1.92 bits per heavy atom. The van der Waals surface area contributed by atoms with Gasteiger partial charge in [0.15, 0.2) is 6.61 Å². The van der Waals surface area contributed by atoms with Crippen LogP contribution < -0.4 is 14.8 Å². The molecule has 0 aliphatic heterocycles. The van der Waals surface area contributed by atoms with Gasteiger partial charge in [0.05, 0.1) is 10.5 Å². The molecule has 2 rings (SSSR count). The molecule has 0 bridgehead atoms. The highest BCUT2D eigenvalue weighted by atomic mass is 19.3. The van der Waals surface area contributed by atoms with Crippen molar-refractivity contribution in [2.75, 3.05) is 11.9 Å². The van der Waals surface area contributed by atoms with Crippen molar-refractivity contribution in [1.82, 2.24) is 0 Å². The van der Waals surface area contributed by atoms with Crippen molar-refractivity contribution in [1.29, 1.82) is 0 Å². The van der Waals surface area contributed by atoms with Gasteiger partial charge in [-0.1, -0.05) is 6.07 Å². The summed E-state index contributed by atoms with van der Waals surface area (Å²) in [7, 11) is 0. The number of alkyl halides is 2. The Hall–Kier alpha value is -3.23. The Morgan fingerprint density at radius 3 is 2.52 bits per heavy atom. The van der Waals surface area contributed by atoms with Gasteiger partial charge in [-0.05, 0) is 37.3 Å². The lowest BCUT2D eigenvalue weighted by Gasteiger charge is -2.10. The van der Waals surface area contributed by atoms with Crippen LogP contribution in [0.2, 0.25) is 0 Å². The van der Waals surface area contributed by atoms with Gasteiger partial charge in [-0.15, -0.1) is 0 Å². The number of rotatable bonds is 7. The van der Waals surface area contributed by atoms with Crippen LogP contribution in [0.3, 0.4) is 0 Å². The summed E-state index contributed by atoms with van der Waals surface area (Å²) < 4.78 is 33.6. The van der Waals surface area contributed by atoms with Gasteiger partial charge < -0.3 is 14.8 Å². The van der Waals surface area contributed by atoms with E-state index in [1.54, 1.807) is 0 Å². The largest absolute Gasteiger partial charge is 0.483 e. The van der Waals surface area contributed by atoms with E-state index in [0.29, 0.717) is 11.3 Å².